The second-order valence-electron chi connectivity index (χ2n) is 11.0. The number of aromatic nitrogens is 4. The van der Waals surface area contributed by atoms with E-state index in [-0.39, 0.29) is 11.2 Å². The summed E-state index contributed by atoms with van der Waals surface area (Å²) in [6, 6.07) is 18.0. The molecule has 4 N–H and O–H groups in total. The summed E-state index contributed by atoms with van der Waals surface area (Å²) < 4.78 is 5.06. The highest BCUT2D eigenvalue weighted by Gasteiger charge is 2.21. The molecule has 0 aliphatic carbocycles. The molecule has 0 saturated heterocycles. The zero-order valence-corrected chi connectivity index (χ0v) is 25.1. The van der Waals surface area contributed by atoms with Gasteiger partial charge in [-0.2, -0.15) is 0 Å². The predicted octanol–water partition coefficient (Wildman–Crippen LogP) is 4.11. The number of nitrogens with one attached hydrogen (secondary N) is 1. The first-order valence-electron chi connectivity index (χ1n) is 15.4. The lowest BCUT2D eigenvalue weighted by atomic mass is 10.0. The number of imidazole rings is 1. The van der Waals surface area contributed by atoms with Crippen LogP contribution >= 0.6 is 0 Å². The maximum atomic E-state index is 13.8. The van der Waals surface area contributed by atoms with Crippen LogP contribution in [0.4, 0.5) is 5.69 Å². The average Bonchev–Trinajstić information content (AvgIpc) is 3.35. The van der Waals surface area contributed by atoms with Crippen LogP contribution in [0.3, 0.4) is 0 Å². The van der Waals surface area contributed by atoms with Crippen LogP contribution in [0.25, 0.3) is 11.2 Å². The molecule has 4 aromatic rings. The number of nitrogens with two attached hydrogens (primary N) is 1. The van der Waals surface area contributed by atoms with E-state index in [9.17, 15) is 14.7 Å². The van der Waals surface area contributed by atoms with E-state index >= 15 is 0 Å². The molecule has 4 rings (SSSR count). The van der Waals surface area contributed by atoms with Crippen LogP contribution in [0, 0.1) is 0 Å². The van der Waals surface area contributed by atoms with Crippen molar-refractivity contribution in [3.8, 4) is 0 Å². The standard InChI is InChI=1S/C33H46N6O3/c1-3-20-39-32(41)30-31(38(33(39)42)21-13-6-5-10-16-26-17-11-12-18-28(26)34)36-29(23-25-14-8-7-9-15-25)37(30)22-19-35-24-27(40)4-2/h7-9,11-12,14-15,17-18,27,35,40H,3-6,10,13,16,19-24,34H2,1-2H3. The summed E-state index contributed by atoms with van der Waals surface area (Å²) in [4.78, 5) is 32.3. The monoisotopic (exact) mass is 574 g/mol. The maximum Gasteiger partial charge on any atom is 0.332 e. The van der Waals surface area contributed by atoms with Crippen molar-refractivity contribution in [1.29, 1.82) is 0 Å². The molecule has 9 heteroatoms. The molecule has 42 heavy (non-hydrogen) atoms. The second-order valence-corrected chi connectivity index (χ2v) is 11.0. The number of unbranched alkanes of at least 4 members (excludes halogenated alkanes) is 3. The Morgan fingerprint density at radius 2 is 1.62 bits per heavy atom. The van der Waals surface area contributed by atoms with Gasteiger partial charge in [-0.1, -0.05) is 75.2 Å². The Morgan fingerprint density at radius 1 is 0.881 bits per heavy atom. The molecule has 2 aromatic carbocycles. The Bertz CT molecular complexity index is 1540. The Hall–Kier alpha value is -3.69. The van der Waals surface area contributed by atoms with E-state index in [4.69, 9.17) is 10.7 Å². The molecule has 0 amide bonds. The van der Waals surface area contributed by atoms with Crippen molar-refractivity contribution in [1.82, 2.24) is 24.0 Å². The van der Waals surface area contributed by atoms with E-state index in [1.54, 1.807) is 4.57 Å². The molecule has 0 radical (unpaired) electrons. The minimum absolute atomic E-state index is 0.283. The van der Waals surface area contributed by atoms with Gasteiger partial charge in [-0.15, -0.1) is 0 Å². The molecule has 0 aliphatic rings. The fourth-order valence-electron chi connectivity index (χ4n) is 5.42. The van der Waals surface area contributed by atoms with Gasteiger partial charge in [0.25, 0.3) is 5.56 Å². The van der Waals surface area contributed by atoms with Crippen molar-refractivity contribution >= 4 is 16.9 Å². The number of hydrogen-bond donors (Lipinski definition) is 3. The van der Waals surface area contributed by atoms with E-state index < -0.39 is 6.10 Å². The smallest absolute Gasteiger partial charge is 0.332 e. The molecule has 1 unspecified atom stereocenters. The minimum Gasteiger partial charge on any atom is -0.399 e. The SMILES string of the molecule is CCCn1c(=O)c2c(nc(Cc3ccccc3)n2CCNCC(O)CC)n(CCCCCCc2ccccc2N)c1=O. The highest BCUT2D eigenvalue weighted by molar-refractivity contribution is 5.71. The highest BCUT2D eigenvalue weighted by Crippen LogP contribution is 2.18. The highest BCUT2D eigenvalue weighted by atomic mass is 16.3. The van der Waals surface area contributed by atoms with Gasteiger partial charge in [-0.25, -0.2) is 9.78 Å². The van der Waals surface area contributed by atoms with Crippen LogP contribution in [-0.4, -0.2) is 43.0 Å². The van der Waals surface area contributed by atoms with E-state index in [0.29, 0.717) is 63.2 Å². The zero-order chi connectivity index (χ0) is 29.9. The molecular weight excluding hydrogens is 528 g/mol. The van der Waals surface area contributed by atoms with Crippen LogP contribution in [-0.2, 0) is 32.5 Å². The van der Waals surface area contributed by atoms with Gasteiger partial charge in [0.2, 0.25) is 0 Å². The Balaban J connectivity index is 1.60. The normalized spacial score (nSPS) is 12.3. The Morgan fingerprint density at radius 3 is 2.36 bits per heavy atom. The third-order valence-electron chi connectivity index (χ3n) is 7.84. The molecule has 0 fully saturated rings. The molecule has 0 saturated carbocycles. The topological polar surface area (TPSA) is 120 Å². The first-order valence-corrected chi connectivity index (χ1v) is 15.4. The third kappa shape index (κ3) is 7.77. The Kier molecular flexibility index (Phi) is 11.5. The summed E-state index contributed by atoms with van der Waals surface area (Å²) in [7, 11) is 0. The lowest BCUT2D eigenvalue weighted by molar-refractivity contribution is 0.167. The van der Waals surface area contributed by atoms with Gasteiger partial charge >= 0.3 is 5.69 Å². The molecule has 2 aromatic heterocycles. The van der Waals surface area contributed by atoms with Crippen molar-refractivity contribution in [2.24, 2.45) is 0 Å². The summed E-state index contributed by atoms with van der Waals surface area (Å²) in [6.45, 7) is 6.36. The maximum absolute atomic E-state index is 13.8. The summed E-state index contributed by atoms with van der Waals surface area (Å²) in [6.07, 6.45) is 6.29. The lowest BCUT2D eigenvalue weighted by Crippen LogP contribution is -2.41. The molecule has 0 aliphatic heterocycles. The van der Waals surface area contributed by atoms with E-state index in [0.717, 1.165) is 49.2 Å². The van der Waals surface area contributed by atoms with Gasteiger partial charge < -0.3 is 20.7 Å². The van der Waals surface area contributed by atoms with Gasteiger partial charge in [-0.05, 0) is 49.3 Å². The number of anilines is 1. The van der Waals surface area contributed by atoms with Crippen molar-refractivity contribution in [3.63, 3.8) is 0 Å². The molecule has 9 nitrogen and oxygen atoms in total. The van der Waals surface area contributed by atoms with E-state index in [1.807, 2.05) is 66.9 Å². The van der Waals surface area contributed by atoms with Crippen molar-refractivity contribution in [2.45, 2.75) is 91.0 Å². The fourth-order valence-corrected chi connectivity index (χ4v) is 5.42. The summed E-state index contributed by atoms with van der Waals surface area (Å²) in [5.74, 6) is 0.758. The number of rotatable bonds is 17. The number of aliphatic hydroxyl groups is 1. The summed E-state index contributed by atoms with van der Waals surface area (Å²) in [5.41, 5.74) is 9.57. The lowest BCUT2D eigenvalue weighted by Gasteiger charge is -2.14. The molecule has 226 valence electrons. The first-order chi connectivity index (χ1) is 20.4. The fraction of sp³-hybridized carbons (Fsp3) is 0.485. The number of nitrogens with zero attached hydrogens (tertiary/aromatic N) is 4. The number of fused-ring (bicyclic) bond motifs is 1. The van der Waals surface area contributed by atoms with Gasteiger partial charge in [0.15, 0.2) is 11.2 Å². The van der Waals surface area contributed by atoms with Crippen LogP contribution in [0.5, 0.6) is 0 Å². The zero-order valence-electron chi connectivity index (χ0n) is 25.1. The van der Waals surface area contributed by atoms with Gasteiger partial charge in [0.05, 0.1) is 6.10 Å². The van der Waals surface area contributed by atoms with E-state index in [2.05, 4.69) is 11.4 Å². The number of nitrogen functional groups attached to an aromatic ring is 1. The molecule has 2 heterocycles. The number of aliphatic hydroxyl groups excluding tert-OH is 1. The number of aryl methyl sites for hydroxylation is 2. The van der Waals surface area contributed by atoms with Crippen LogP contribution in [0.2, 0.25) is 0 Å². The first kappa shape index (κ1) is 31.3. The quantitative estimate of drug-likeness (QED) is 0.129. The van der Waals surface area contributed by atoms with Crippen LogP contribution < -0.4 is 22.3 Å². The third-order valence-corrected chi connectivity index (χ3v) is 7.84. The van der Waals surface area contributed by atoms with Crippen molar-refractivity contribution in [2.75, 3.05) is 18.8 Å². The second kappa shape index (κ2) is 15.5. The van der Waals surface area contributed by atoms with Crippen molar-refractivity contribution in [3.05, 3.63) is 92.4 Å². The van der Waals surface area contributed by atoms with Crippen LogP contribution in [0.1, 0.15) is 69.3 Å². The van der Waals surface area contributed by atoms with Crippen LogP contribution in [0.15, 0.2) is 64.2 Å². The molecule has 0 spiro atoms. The number of hydrogen-bond acceptors (Lipinski definition) is 6. The largest absolute Gasteiger partial charge is 0.399 e. The number of benzene rings is 2. The molecule has 0 bridgehead atoms. The molecular formula is C33H46N6O3. The minimum atomic E-state index is -0.412. The van der Waals surface area contributed by atoms with Gasteiger partial charge in [0, 0.05) is 44.8 Å². The van der Waals surface area contributed by atoms with Crippen molar-refractivity contribution < 1.29 is 5.11 Å². The van der Waals surface area contributed by atoms with E-state index in [1.165, 1.54) is 10.1 Å². The Labute approximate surface area is 248 Å². The molecule has 1 atom stereocenters. The van der Waals surface area contributed by atoms with Gasteiger partial charge in [0.1, 0.15) is 5.82 Å². The van der Waals surface area contributed by atoms with Gasteiger partial charge in [-0.3, -0.25) is 13.9 Å². The average molecular weight is 575 g/mol. The number of para-hydroxylation sites is 1. The summed E-state index contributed by atoms with van der Waals surface area (Å²) >= 11 is 0. The summed E-state index contributed by atoms with van der Waals surface area (Å²) in [5, 5.41) is 13.3. The predicted molar refractivity (Wildman–Crippen MR) is 170 cm³/mol.